The summed E-state index contributed by atoms with van der Waals surface area (Å²) < 4.78 is 5.75. The number of hydrogen-bond acceptors (Lipinski definition) is 4. The number of ether oxygens (including phenoxy) is 1. The molecule has 1 aromatic heterocycles. The smallest absolute Gasteiger partial charge is 0.171 e. The van der Waals surface area contributed by atoms with Gasteiger partial charge in [-0.3, -0.25) is 0 Å². The summed E-state index contributed by atoms with van der Waals surface area (Å²) in [5, 5.41) is 9.70. The Morgan fingerprint density at radius 3 is 3.06 bits per heavy atom. The van der Waals surface area contributed by atoms with Gasteiger partial charge in [0.15, 0.2) is 11.6 Å². The molecule has 2 rings (SSSR count). The van der Waals surface area contributed by atoms with E-state index in [0.717, 1.165) is 31.0 Å². The summed E-state index contributed by atoms with van der Waals surface area (Å²) in [6, 6.07) is 3.81. The lowest BCUT2D eigenvalue weighted by Crippen LogP contribution is -2.39. The monoisotopic (exact) mass is 236 g/mol. The van der Waals surface area contributed by atoms with Crippen LogP contribution in [-0.2, 0) is 0 Å². The van der Waals surface area contributed by atoms with Gasteiger partial charge in [-0.2, -0.15) is 0 Å². The van der Waals surface area contributed by atoms with Crippen molar-refractivity contribution in [2.45, 2.75) is 38.9 Å². The Kier molecular flexibility index (Phi) is 3.84. The predicted molar refractivity (Wildman–Crippen MR) is 67.5 cm³/mol. The van der Waals surface area contributed by atoms with E-state index < -0.39 is 0 Å². The molecule has 2 heterocycles. The van der Waals surface area contributed by atoms with Crippen LogP contribution in [0.2, 0.25) is 0 Å². The van der Waals surface area contributed by atoms with Crippen molar-refractivity contribution < 1.29 is 9.84 Å². The second kappa shape index (κ2) is 5.36. The van der Waals surface area contributed by atoms with Crippen molar-refractivity contribution in [3.63, 3.8) is 0 Å². The summed E-state index contributed by atoms with van der Waals surface area (Å²) in [5.74, 6) is 1.65. The summed E-state index contributed by atoms with van der Waals surface area (Å²) in [5.41, 5.74) is 0. The van der Waals surface area contributed by atoms with Gasteiger partial charge in [-0.05, 0) is 38.8 Å². The van der Waals surface area contributed by atoms with E-state index in [9.17, 15) is 5.11 Å². The van der Waals surface area contributed by atoms with E-state index in [1.54, 1.807) is 6.20 Å². The first kappa shape index (κ1) is 12.2. The molecule has 4 heteroatoms. The lowest BCUT2D eigenvalue weighted by molar-refractivity contribution is 0.153. The van der Waals surface area contributed by atoms with Crippen molar-refractivity contribution in [2.75, 3.05) is 18.0 Å². The van der Waals surface area contributed by atoms with Gasteiger partial charge in [0.05, 0.1) is 12.2 Å². The number of aliphatic hydroxyl groups excluding tert-OH is 1. The third kappa shape index (κ3) is 3.09. The van der Waals surface area contributed by atoms with Gasteiger partial charge in [-0.25, -0.2) is 4.98 Å². The molecule has 0 aliphatic carbocycles. The minimum atomic E-state index is -0.252. The highest BCUT2D eigenvalue weighted by Gasteiger charge is 2.21. The predicted octanol–water partition coefficient (Wildman–Crippen LogP) is 1.83. The van der Waals surface area contributed by atoms with Crippen LogP contribution < -0.4 is 9.64 Å². The molecule has 1 unspecified atom stereocenters. The van der Waals surface area contributed by atoms with E-state index in [1.807, 2.05) is 26.0 Å². The van der Waals surface area contributed by atoms with Crippen LogP contribution in [0.5, 0.6) is 5.75 Å². The summed E-state index contributed by atoms with van der Waals surface area (Å²) in [6.07, 6.45) is 3.52. The quantitative estimate of drug-likeness (QED) is 0.869. The lowest BCUT2D eigenvalue weighted by atomic mass is 10.1. The van der Waals surface area contributed by atoms with Crippen molar-refractivity contribution >= 4 is 5.82 Å². The number of aromatic nitrogens is 1. The molecule has 0 aromatic carbocycles. The lowest BCUT2D eigenvalue weighted by Gasteiger charge is -2.32. The maximum absolute atomic E-state index is 9.70. The largest absolute Gasteiger partial charge is 0.487 e. The molecule has 1 atom stereocenters. The van der Waals surface area contributed by atoms with Crippen molar-refractivity contribution in [3.05, 3.63) is 18.3 Å². The van der Waals surface area contributed by atoms with Crippen molar-refractivity contribution in [3.8, 4) is 5.75 Å². The van der Waals surface area contributed by atoms with E-state index in [-0.39, 0.29) is 12.2 Å². The molecule has 17 heavy (non-hydrogen) atoms. The van der Waals surface area contributed by atoms with Crippen LogP contribution >= 0.6 is 0 Å². The first-order chi connectivity index (χ1) is 8.16. The topological polar surface area (TPSA) is 45.6 Å². The molecule has 0 saturated carbocycles. The highest BCUT2D eigenvalue weighted by molar-refractivity contribution is 5.52. The number of piperidine rings is 1. The molecule has 4 nitrogen and oxygen atoms in total. The van der Waals surface area contributed by atoms with E-state index in [1.165, 1.54) is 0 Å². The van der Waals surface area contributed by atoms with Gasteiger partial charge in [0, 0.05) is 19.3 Å². The third-order valence-electron chi connectivity index (χ3n) is 2.81. The molecular formula is C13H20N2O2. The van der Waals surface area contributed by atoms with E-state index in [4.69, 9.17) is 4.74 Å². The summed E-state index contributed by atoms with van der Waals surface area (Å²) in [7, 11) is 0. The zero-order chi connectivity index (χ0) is 12.3. The second-order valence-corrected chi connectivity index (χ2v) is 4.73. The summed E-state index contributed by atoms with van der Waals surface area (Å²) in [6.45, 7) is 5.58. The number of aliphatic hydroxyl groups is 1. The van der Waals surface area contributed by atoms with Gasteiger partial charge in [-0.15, -0.1) is 0 Å². The molecule has 0 spiro atoms. The molecule has 1 saturated heterocycles. The van der Waals surface area contributed by atoms with Crippen LogP contribution in [-0.4, -0.2) is 35.4 Å². The highest BCUT2D eigenvalue weighted by Crippen LogP contribution is 2.28. The number of anilines is 1. The highest BCUT2D eigenvalue weighted by atomic mass is 16.5. The Labute approximate surface area is 102 Å². The van der Waals surface area contributed by atoms with Crippen molar-refractivity contribution in [1.29, 1.82) is 0 Å². The van der Waals surface area contributed by atoms with Gasteiger partial charge in [0.1, 0.15) is 0 Å². The van der Waals surface area contributed by atoms with Crippen LogP contribution in [0.3, 0.4) is 0 Å². The zero-order valence-corrected chi connectivity index (χ0v) is 10.5. The average molecular weight is 236 g/mol. The molecule has 1 fully saturated rings. The van der Waals surface area contributed by atoms with Gasteiger partial charge in [-0.1, -0.05) is 0 Å². The van der Waals surface area contributed by atoms with Crippen LogP contribution in [0.4, 0.5) is 5.82 Å². The molecular weight excluding hydrogens is 216 g/mol. The van der Waals surface area contributed by atoms with E-state index >= 15 is 0 Å². The number of β-amino-alcohol motifs (C(OH)–C–C–N with tert-alkyl or cyclic N) is 1. The van der Waals surface area contributed by atoms with Gasteiger partial charge in [0.25, 0.3) is 0 Å². The van der Waals surface area contributed by atoms with Crippen LogP contribution in [0.1, 0.15) is 26.7 Å². The first-order valence-corrected chi connectivity index (χ1v) is 6.21. The second-order valence-electron chi connectivity index (χ2n) is 4.73. The van der Waals surface area contributed by atoms with Crippen LogP contribution in [0.15, 0.2) is 18.3 Å². The Balaban J connectivity index is 2.18. The molecule has 0 radical (unpaired) electrons. The minimum absolute atomic E-state index is 0.132. The maximum Gasteiger partial charge on any atom is 0.171 e. The Morgan fingerprint density at radius 2 is 2.35 bits per heavy atom. The number of pyridine rings is 1. The Hall–Kier alpha value is -1.29. The molecule has 1 N–H and O–H groups in total. The molecule has 94 valence electrons. The van der Waals surface area contributed by atoms with E-state index in [2.05, 4.69) is 9.88 Å². The summed E-state index contributed by atoms with van der Waals surface area (Å²) in [4.78, 5) is 6.48. The molecule has 1 aliphatic heterocycles. The maximum atomic E-state index is 9.70. The standard InChI is InChI=1S/C13H20N2O2/c1-10(2)17-12-6-3-7-14-13(12)15-8-4-5-11(16)9-15/h3,6-7,10-11,16H,4-5,8-9H2,1-2H3. The number of rotatable bonds is 3. The average Bonchev–Trinajstić information content (AvgIpc) is 2.29. The van der Waals surface area contributed by atoms with Crippen LogP contribution in [0, 0.1) is 0 Å². The molecule has 1 aromatic rings. The fourth-order valence-corrected chi connectivity index (χ4v) is 2.11. The zero-order valence-electron chi connectivity index (χ0n) is 10.5. The number of nitrogens with zero attached hydrogens (tertiary/aromatic N) is 2. The normalized spacial score (nSPS) is 20.7. The van der Waals surface area contributed by atoms with Crippen LogP contribution in [0.25, 0.3) is 0 Å². The van der Waals surface area contributed by atoms with Gasteiger partial charge >= 0.3 is 0 Å². The van der Waals surface area contributed by atoms with Gasteiger partial charge < -0.3 is 14.7 Å². The Bertz CT molecular complexity index is 368. The Morgan fingerprint density at radius 1 is 1.53 bits per heavy atom. The SMILES string of the molecule is CC(C)Oc1cccnc1N1CCCC(O)C1. The first-order valence-electron chi connectivity index (χ1n) is 6.21. The fraction of sp³-hybridized carbons (Fsp3) is 0.615. The van der Waals surface area contributed by atoms with Gasteiger partial charge in [0.2, 0.25) is 0 Å². The molecule has 0 amide bonds. The third-order valence-corrected chi connectivity index (χ3v) is 2.81. The molecule has 0 bridgehead atoms. The summed E-state index contributed by atoms with van der Waals surface area (Å²) >= 11 is 0. The fourth-order valence-electron chi connectivity index (χ4n) is 2.11. The van der Waals surface area contributed by atoms with Crippen molar-refractivity contribution in [2.24, 2.45) is 0 Å². The molecule has 1 aliphatic rings. The van der Waals surface area contributed by atoms with Crippen molar-refractivity contribution in [1.82, 2.24) is 4.98 Å². The number of hydrogen-bond donors (Lipinski definition) is 1. The van der Waals surface area contributed by atoms with E-state index in [0.29, 0.717) is 6.54 Å². The minimum Gasteiger partial charge on any atom is -0.487 e.